The number of hydrogen-bond donors (Lipinski definition) is 2. The van der Waals surface area contributed by atoms with E-state index in [0.29, 0.717) is 11.0 Å². The number of aliphatic hydroxyl groups is 1. The normalized spacial score (nSPS) is 12.8. The van der Waals surface area contributed by atoms with Crippen LogP contribution in [0.2, 0.25) is 5.02 Å². The number of hydrogen-bond acceptors (Lipinski definition) is 2. The lowest BCUT2D eigenvalue weighted by molar-refractivity contribution is 0.284. The fourth-order valence-electron chi connectivity index (χ4n) is 4.57. The van der Waals surface area contributed by atoms with E-state index >= 15 is 0 Å². The van der Waals surface area contributed by atoms with Gasteiger partial charge in [0.2, 0.25) is 0 Å². The van der Waals surface area contributed by atoms with Gasteiger partial charge in [0.25, 0.3) is 0 Å². The van der Waals surface area contributed by atoms with Gasteiger partial charge in [-0.2, -0.15) is 0 Å². The van der Waals surface area contributed by atoms with Crippen molar-refractivity contribution in [1.82, 2.24) is 4.98 Å². The first-order valence-corrected chi connectivity index (χ1v) is 14.7. The predicted molar refractivity (Wildman–Crippen MR) is 168 cm³/mol. The van der Waals surface area contributed by atoms with Crippen molar-refractivity contribution >= 4 is 28.2 Å². The van der Waals surface area contributed by atoms with E-state index in [-0.39, 0.29) is 29.2 Å². The summed E-state index contributed by atoms with van der Waals surface area (Å²) in [6, 6.07) is 12.1. The number of aliphatic imine (C=N–C) groups is 1. The number of aromatic amines is 1. The van der Waals surface area contributed by atoms with E-state index in [0.717, 1.165) is 73.9 Å². The summed E-state index contributed by atoms with van der Waals surface area (Å²) in [5.41, 5.74) is 6.81. The van der Waals surface area contributed by atoms with Gasteiger partial charge in [-0.15, -0.1) is 0 Å². The van der Waals surface area contributed by atoms with E-state index in [1.54, 1.807) is 13.0 Å². The zero-order chi connectivity index (χ0) is 29.7. The van der Waals surface area contributed by atoms with Crippen molar-refractivity contribution < 1.29 is 13.9 Å². The lowest BCUT2D eigenvalue weighted by atomic mass is 9.91. The second-order valence-electron chi connectivity index (χ2n) is 10.4. The number of H-pyrrole nitrogens is 1. The Balaban J connectivity index is 0.000000395. The van der Waals surface area contributed by atoms with Gasteiger partial charge >= 0.3 is 0 Å². The third kappa shape index (κ3) is 9.71. The maximum atomic E-state index is 14.8. The fourth-order valence-corrected chi connectivity index (χ4v) is 4.73. The number of nitrogens with one attached hydrogen (secondary N) is 1. The van der Waals surface area contributed by atoms with Crippen LogP contribution in [0, 0.1) is 5.82 Å². The number of aryl methyl sites for hydroxylation is 2. The first kappa shape index (κ1) is 33.4. The number of rotatable bonds is 13. The van der Waals surface area contributed by atoms with Crippen molar-refractivity contribution in [3.63, 3.8) is 0 Å². The van der Waals surface area contributed by atoms with E-state index in [2.05, 4.69) is 61.6 Å². The summed E-state index contributed by atoms with van der Waals surface area (Å²) in [5.74, 6) is -0.520. The zero-order valence-corrected chi connectivity index (χ0v) is 25.5. The average Bonchev–Trinajstić information content (AvgIpc) is 3.32. The maximum absolute atomic E-state index is 14.8. The lowest BCUT2D eigenvalue weighted by Gasteiger charge is -2.14. The monoisotopic (exact) mass is 570 g/mol. The molecule has 0 amide bonds. The second kappa shape index (κ2) is 17.1. The van der Waals surface area contributed by atoms with Gasteiger partial charge in [-0.3, -0.25) is 4.99 Å². The minimum absolute atomic E-state index is 0.143. The molecule has 0 aliphatic carbocycles. The Morgan fingerprint density at radius 3 is 2.35 bits per heavy atom. The predicted octanol–water partition coefficient (Wildman–Crippen LogP) is 10.4. The molecule has 3 aromatic rings. The molecule has 0 fully saturated rings. The standard InChI is InChI=1S/C24H29ClFNO.C10H16FN/c1-3-4-8-19-22-21(14-13-20(25)23(22)26)27-24(19)16(2)18-11-9-17(10-12-18)7-5-6-15-28;1-5-6-9(4)12-7-10(11)8(2)3/h9-14,16,27-28H,3-8,15H2,1-2H3;7H,2,5-6H2,1,3-4H3/b;10-7+,12-9?. The van der Waals surface area contributed by atoms with E-state index in [4.69, 9.17) is 16.7 Å². The van der Waals surface area contributed by atoms with Gasteiger partial charge < -0.3 is 10.1 Å². The summed E-state index contributed by atoms with van der Waals surface area (Å²) in [7, 11) is 0. The summed E-state index contributed by atoms with van der Waals surface area (Å²) in [6.07, 6.45) is 8.91. The molecule has 3 rings (SSSR count). The molecule has 1 heterocycles. The molecule has 1 atom stereocenters. The number of benzene rings is 2. The minimum Gasteiger partial charge on any atom is -0.396 e. The van der Waals surface area contributed by atoms with Crippen molar-refractivity contribution in [2.75, 3.05) is 6.61 Å². The Morgan fingerprint density at radius 1 is 1.05 bits per heavy atom. The topological polar surface area (TPSA) is 48.4 Å². The lowest BCUT2D eigenvalue weighted by Crippen LogP contribution is -2.01. The first-order valence-electron chi connectivity index (χ1n) is 14.4. The Bertz CT molecular complexity index is 1290. The van der Waals surface area contributed by atoms with Crippen LogP contribution in [-0.4, -0.2) is 22.4 Å². The van der Waals surface area contributed by atoms with E-state index in [9.17, 15) is 8.78 Å². The van der Waals surface area contributed by atoms with Crippen LogP contribution in [-0.2, 0) is 12.8 Å². The Labute approximate surface area is 244 Å². The van der Waals surface area contributed by atoms with E-state index in [1.165, 1.54) is 17.3 Å². The average molecular weight is 571 g/mol. The molecule has 1 aromatic heterocycles. The van der Waals surface area contributed by atoms with Crippen LogP contribution in [0.5, 0.6) is 0 Å². The number of nitrogens with zero attached hydrogens (tertiary/aromatic N) is 1. The molecule has 0 saturated carbocycles. The maximum Gasteiger partial charge on any atom is 0.151 e. The SMILES string of the molecule is C=C(C)/C(F)=C\N=C(C)CCC.CCCCc1c(C(C)c2ccc(CCCCO)cc2)[nH]c2ccc(Cl)c(F)c12. The highest BCUT2D eigenvalue weighted by molar-refractivity contribution is 6.31. The van der Waals surface area contributed by atoms with E-state index in [1.807, 2.05) is 13.0 Å². The van der Waals surface area contributed by atoms with Gasteiger partial charge in [0.1, 0.15) is 5.83 Å². The van der Waals surface area contributed by atoms with Crippen LogP contribution >= 0.6 is 11.6 Å². The van der Waals surface area contributed by atoms with Gasteiger partial charge in [0.05, 0.1) is 11.2 Å². The summed E-state index contributed by atoms with van der Waals surface area (Å²) >= 11 is 6.06. The number of allylic oxidation sites excluding steroid dienone is 2. The molecule has 2 aromatic carbocycles. The zero-order valence-electron chi connectivity index (χ0n) is 24.7. The van der Waals surface area contributed by atoms with Gasteiger partial charge in [-0.25, -0.2) is 8.78 Å². The summed E-state index contributed by atoms with van der Waals surface area (Å²) < 4.78 is 27.6. The number of aliphatic hydroxyl groups excluding tert-OH is 1. The second-order valence-corrected chi connectivity index (χ2v) is 10.8. The number of aromatic nitrogens is 1. The van der Waals surface area contributed by atoms with Crippen LogP contribution in [0.3, 0.4) is 0 Å². The summed E-state index contributed by atoms with van der Waals surface area (Å²) in [4.78, 5) is 7.42. The quantitative estimate of drug-likeness (QED) is 0.120. The van der Waals surface area contributed by atoms with Gasteiger partial charge in [0.15, 0.2) is 5.82 Å². The molecule has 6 heteroatoms. The van der Waals surface area contributed by atoms with Gasteiger partial charge in [-0.05, 0) is 86.8 Å². The Morgan fingerprint density at radius 2 is 1.75 bits per heavy atom. The molecule has 218 valence electrons. The van der Waals surface area contributed by atoms with E-state index < -0.39 is 0 Å². The van der Waals surface area contributed by atoms with Crippen LogP contribution in [0.25, 0.3) is 10.9 Å². The van der Waals surface area contributed by atoms with Crippen molar-refractivity contribution in [3.8, 4) is 0 Å². The summed E-state index contributed by atoms with van der Waals surface area (Å²) in [6.45, 7) is 13.6. The van der Waals surface area contributed by atoms with Crippen LogP contribution in [0.15, 0.2) is 65.6 Å². The molecule has 0 radical (unpaired) electrons. The molecule has 3 nitrogen and oxygen atoms in total. The third-order valence-electron chi connectivity index (χ3n) is 6.98. The Hall–Kier alpha value is -2.76. The van der Waals surface area contributed by atoms with Crippen molar-refractivity contribution in [2.45, 2.75) is 91.9 Å². The first-order chi connectivity index (χ1) is 19.1. The number of fused-ring (bicyclic) bond motifs is 1. The molecule has 0 aliphatic rings. The fraction of sp³-hybridized carbons (Fsp3) is 0.441. The molecular weight excluding hydrogens is 526 g/mol. The van der Waals surface area contributed by atoms with Crippen LogP contribution < -0.4 is 0 Å². The molecule has 0 saturated heterocycles. The van der Waals surface area contributed by atoms with Crippen molar-refractivity contribution in [1.29, 1.82) is 0 Å². The minimum atomic E-state index is -0.342. The molecule has 40 heavy (non-hydrogen) atoms. The third-order valence-corrected chi connectivity index (χ3v) is 7.27. The highest BCUT2D eigenvalue weighted by Crippen LogP contribution is 2.36. The highest BCUT2D eigenvalue weighted by atomic mass is 35.5. The van der Waals surface area contributed by atoms with Crippen molar-refractivity contribution in [3.05, 3.63) is 93.8 Å². The van der Waals surface area contributed by atoms with Gasteiger partial charge in [0, 0.05) is 34.8 Å². The highest BCUT2D eigenvalue weighted by Gasteiger charge is 2.21. The molecular formula is C34H45ClF2N2O. The van der Waals surface area contributed by atoms with Crippen LogP contribution in [0.1, 0.15) is 101 Å². The number of unbranched alkanes of at least 4 members (excludes halogenated alkanes) is 2. The van der Waals surface area contributed by atoms with Crippen molar-refractivity contribution in [2.24, 2.45) is 4.99 Å². The summed E-state index contributed by atoms with van der Waals surface area (Å²) in [5, 5.41) is 9.75. The molecule has 2 N–H and O–H groups in total. The molecule has 1 unspecified atom stereocenters. The Kier molecular flexibility index (Phi) is 14.3. The molecule has 0 bridgehead atoms. The smallest absolute Gasteiger partial charge is 0.151 e. The number of halogens is 3. The molecule has 0 spiro atoms. The largest absolute Gasteiger partial charge is 0.396 e. The van der Waals surface area contributed by atoms with Gasteiger partial charge in [-0.1, -0.05) is 76.1 Å². The molecule has 0 aliphatic heterocycles. The van der Waals surface area contributed by atoms with Crippen LogP contribution in [0.4, 0.5) is 8.78 Å².